The zero-order valence-electron chi connectivity index (χ0n) is 18.7. The summed E-state index contributed by atoms with van der Waals surface area (Å²) < 4.78 is 0. The molecule has 0 saturated heterocycles. The average molecular weight is 481 g/mol. The van der Waals surface area contributed by atoms with Gasteiger partial charge in [0.25, 0.3) is 0 Å². The Morgan fingerprint density at radius 2 is 1.77 bits per heavy atom. The van der Waals surface area contributed by atoms with Crippen LogP contribution in [0.25, 0.3) is 0 Å². The van der Waals surface area contributed by atoms with E-state index >= 15 is 0 Å². The number of carbonyl (C=O) groups excluding carboxylic acids is 2. The van der Waals surface area contributed by atoms with Gasteiger partial charge in [-0.3, -0.25) is 9.59 Å². The molecule has 0 aliphatic heterocycles. The first-order valence-electron chi connectivity index (χ1n) is 10.1. The van der Waals surface area contributed by atoms with Crippen molar-refractivity contribution in [2.45, 2.75) is 58.5 Å². The molecule has 2 amide bonds. The van der Waals surface area contributed by atoms with Gasteiger partial charge in [0, 0.05) is 17.8 Å². The fraction of sp³-hybridized carbons (Fsp3) is 0.417. The van der Waals surface area contributed by atoms with Gasteiger partial charge >= 0.3 is 0 Å². The van der Waals surface area contributed by atoms with Gasteiger partial charge in [0.15, 0.2) is 0 Å². The lowest BCUT2D eigenvalue weighted by atomic mass is 10.1. The summed E-state index contributed by atoms with van der Waals surface area (Å²) in [5, 5.41) is 3.99. The summed E-state index contributed by atoms with van der Waals surface area (Å²) in [7, 11) is 0. The Balaban J connectivity index is 2.10. The number of carbonyl (C=O) groups is 2. The van der Waals surface area contributed by atoms with E-state index < -0.39 is 6.04 Å². The van der Waals surface area contributed by atoms with Crippen LogP contribution in [-0.2, 0) is 21.9 Å². The minimum absolute atomic E-state index is 0.0804. The van der Waals surface area contributed by atoms with Crippen LogP contribution in [-0.4, -0.2) is 34.0 Å². The molecule has 2 aromatic rings. The van der Waals surface area contributed by atoms with Crippen LogP contribution in [0.2, 0.25) is 10.0 Å². The first kappa shape index (κ1) is 25.6. The fourth-order valence-electron chi connectivity index (χ4n) is 3.03. The highest BCUT2D eigenvalue weighted by molar-refractivity contribution is 7.99. The Bertz CT molecular complexity index is 928. The molecule has 7 heteroatoms. The van der Waals surface area contributed by atoms with Crippen LogP contribution in [0.15, 0.2) is 42.5 Å². The van der Waals surface area contributed by atoms with Gasteiger partial charge < -0.3 is 10.2 Å². The van der Waals surface area contributed by atoms with E-state index in [1.807, 2.05) is 64.1 Å². The maximum absolute atomic E-state index is 13.1. The SMILES string of the molecule is Cc1cccc(CN(C(=O)CSCc2ccc(Cl)c(Cl)c2)[C@@H](C)C(=O)NC(C)(C)C)c1. The lowest BCUT2D eigenvalue weighted by Crippen LogP contribution is -2.52. The molecule has 4 nitrogen and oxygen atoms in total. The second-order valence-electron chi connectivity index (χ2n) is 8.67. The van der Waals surface area contributed by atoms with Crippen LogP contribution in [0, 0.1) is 6.92 Å². The zero-order chi connectivity index (χ0) is 23.2. The third-order valence-electron chi connectivity index (χ3n) is 4.58. The second-order valence-corrected chi connectivity index (χ2v) is 10.5. The van der Waals surface area contributed by atoms with Crippen molar-refractivity contribution in [2.75, 3.05) is 5.75 Å². The quantitative estimate of drug-likeness (QED) is 0.513. The minimum Gasteiger partial charge on any atom is -0.350 e. The number of halogens is 2. The van der Waals surface area contributed by atoms with Gasteiger partial charge in [-0.1, -0.05) is 59.1 Å². The lowest BCUT2D eigenvalue weighted by Gasteiger charge is -2.31. The Kier molecular flexibility index (Phi) is 9.28. The number of hydrogen-bond donors (Lipinski definition) is 1. The molecule has 1 N–H and O–H groups in total. The highest BCUT2D eigenvalue weighted by Crippen LogP contribution is 2.25. The Morgan fingerprint density at radius 1 is 1.06 bits per heavy atom. The van der Waals surface area contributed by atoms with Crippen molar-refractivity contribution in [1.29, 1.82) is 0 Å². The van der Waals surface area contributed by atoms with E-state index in [0.29, 0.717) is 22.3 Å². The van der Waals surface area contributed by atoms with Crippen molar-refractivity contribution in [1.82, 2.24) is 10.2 Å². The molecule has 0 aliphatic carbocycles. The van der Waals surface area contributed by atoms with Gasteiger partial charge in [-0.2, -0.15) is 0 Å². The van der Waals surface area contributed by atoms with E-state index in [0.717, 1.165) is 16.7 Å². The largest absolute Gasteiger partial charge is 0.350 e. The van der Waals surface area contributed by atoms with Crippen LogP contribution in [0.3, 0.4) is 0 Å². The molecule has 1 atom stereocenters. The topological polar surface area (TPSA) is 49.4 Å². The third-order valence-corrected chi connectivity index (χ3v) is 6.31. The van der Waals surface area contributed by atoms with Crippen molar-refractivity contribution in [2.24, 2.45) is 0 Å². The number of amides is 2. The van der Waals surface area contributed by atoms with E-state index in [1.54, 1.807) is 17.9 Å². The summed E-state index contributed by atoms with van der Waals surface area (Å²) in [6.07, 6.45) is 0. The molecular weight excluding hydrogens is 451 g/mol. The van der Waals surface area contributed by atoms with Crippen LogP contribution in [0.1, 0.15) is 44.4 Å². The smallest absolute Gasteiger partial charge is 0.242 e. The van der Waals surface area contributed by atoms with Crippen molar-refractivity contribution >= 4 is 46.8 Å². The molecule has 0 aromatic heterocycles. The summed E-state index contributed by atoms with van der Waals surface area (Å²) in [4.78, 5) is 27.6. The van der Waals surface area contributed by atoms with Crippen molar-refractivity contribution < 1.29 is 9.59 Å². The van der Waals surface area contributed by atoms with Crippen LogP contribution < -0.4 is 5.32 Å². The number of benzene rings is 2. The standard InChI is InChI=1S/C24H30Cl2N2O2S/c1-16-7-6-8-18(11-16)13-28(17(2)23(30)27-24(3,4)5)22(29)15-31-14-19-9-10-20(25)21(26)12-19/h6-12,17H,13-15H2,1-5H3,(H,27,30)/t17-/m0/s1. The molecule has 0 aliphatic rings. The van der Waals surface area contributed by atoms with E-state index in [2.05, 4.69) is 5.32 Å². The predicted octanol–water partition coefficient (Wildman–Crippen LogP) is 5.87. The third kappa shape index (κ3) is 8.40. The van der Waals surface area contributed by atoms with E-state index in [-0.39, 0.29) is 23.1 Å². The summed E-state index contributed by atoms with van der Waals surface area (Å²) in [5.74, 6) is 0.647. The van der Waals surface area contributed by atoms with Gasteiger partial charge in [-0.05, 0) is 57.9 Å². The molecule has 0 spiro atoms. The summed E-state index contributed by atoms with van der Waals surface area (Å²) in [6.45, 7) is 9.95. The first-order chi connectivity index (χ1) is 14.5. The number of rotatable bonds is 8. The van der Waals surface area contributed by atoms with E-state index in [4.69, 9.17) is 23.2 Å². The number of aryl methyl sites for hydroxylation is 1. The second kappa shape index (κ2) is 11.3. The Morgan fingerprint density at radius 3 is 2.39 bits per heavy atom. The number of hydrogen-bond acceptors (Lipinski definition) is 3. The first-order valence-corrected chi connectivity index (χ1v) is 12.1. The molecule has 0 unspecified atom stereocenters. The summed E-state index contributed by atoms with van der Waals surface area (Å²) in [5.41, 5.74) is 2.74. The molecule has 2 rings (SSSR count). The highest BCUT2D eigenvalue weighted by Gasteiger charge is 2.28. The molecule has 0 radical (unpaired) electrons. The van der Waals surface area contributed by atoms with E-state index in [1.165, 1.54) is 11.8 Å². The lowest BCUT2D eigenvalue weighted by molar-refractivity contribution is -0.139. The molecule has 168 valence electrons. The monoisotopic (exact) mass is 480 g/mol. The highest BCUT2D eigenvalue weighted by atomic mass is 35.5. The van der Waals surface area contributed by atoms with Gasteiger partial charge in [0.05, 0.1) is 15.8 Å². The molecule has 2 aromatic carbocycles. The van der Waals surface area contributed by atoms with Gasteiger partial charge in [0.2, 0.25) is 11.8 Å². The average Bonchev–Trinajstić information content (AvgIpc) is 2.67. The van der Waals surface area contributed by atoms with Crippen molar-refractivity contribution in [3.8, 4) is 0 Å². The molecule has 0 bridgehead atoms. The fourth-order valence-corrected chi connectivity index (χ4v) is 4.21. The van der Waals surface area contributed by atoms with Crippen LogP contribution >= 0.6 is 35.0 Å². The maximum atomic E-state index is 13.1. The number of nitrogens with zero attached hydrogens (tertiary/aromatic N) is 1. The van der Waals surface area contributed by atoms with Gasteiger partial charge in [-0.15, -0.1) is 11.8 Å². The van der Waals surface area contributed by atoms with E-state index in [9.17, 15) is 9.59 Å². The van der Waals surface area contributed by atoms with Crippen LogP contribution in [0.4, 0.5) is 0 Å². The molecule has 31 heavy (non-hydrogen) atoms. The summed E-state index contributed by atoms with van der Waals surface area (Å²) in [6, 6.07) is 12.9. The molecule has 0 heterocycles. The Labute approximate surface area is 199 Å². The molecule has 0 saturated carbocycles. The molecular formula is C24H30Cl2N2O2S. The zero-order valence-corrected chi connectivity index (χ0v) is 21.0. The number of nitrogens with one attached hydrogen (secondary N) is 1. The normalized spacial score (nSPS) is 12.4. The Hall–Kier alpha value is -1.69. The van der Waals surface area contributed by atoms with Crippen molar-refractivity contribution in [3.05, 3.63) is 69.2 Å². The maximum Gasteiger partial charge on any atom is 0.242 e. The summed E-state index contributed by atoms with van der Waals surface area (Å²) >= 11 is 13.5. The predicted molar refractivity (Wildman–Crippen MR) is 132 cm³/mol. The van der Waals surface area contributed by atoms with Gasteiger partial charge in [-0.25, -0.2) is 0 Å². The van der Waals surface area contributed by atoms with Gasteiger partial charge in [0.1, 0.15) is 6.04 Å². The molecule has 0 fully saturated rings. The number of thioether (sulfide) groups is 1. The van der Waals surface area contributed by atoms with Crippen LogP contribution in [0.5, 0.6) is 0 Å². The minimum atomic E-state index is -0.585. The van der Waals surface area contributed by atoms with Crippen molar-refractivity contribution in [3.63, 3.8) is 0 Å².